The zero-order valence-corrected chi connectivity index (χ0v) is 21.7. The van der Waals surface area contributed by atoms with Crippen LogP contribution in [0.1, 0.15) is 33.9 Å². The van der Waals surface area contributed by atoms with Gasteiger partial charge in [0.15, 0.2) is 0 Å². The molecule has 1 unspecified atom stereocenters. The molecular formula is C32H23F4NO4. The van der Waals surface area contributed by atoms with Crippen LogP contribution < -0.4 is 9.64 Å². The number of amides is 1. The predicted octanol–water partition coefficient (Wildman–Crippen LogP) is 7.36. The van der Waals surface area contributed by atoms with Crippen molar-refractivity contribution in [3.05, 3.63) is 136 Å². The molecule has 0 radical (unpaired) electrons. The summed E-state index contributed by atoms with van der Waals surface area (Å²) >= 11 is 0. The first-order chi connectivity index (χ1) is 19.6. The van der Waals surface area contributed by atoms with E-state index in [9.17, 15) is 27.9 Å². The van der Waals surface area contributed by atoms with Gasteiger partial charge in [-0.15, -0.1) is 0 Å². The van der Waals surface area contributed by atoms with Gasteiger partial charge in [0.05, 0.1) is 17.2 Å². The lowest BCUT2D eigenvalue weighted by Crippen LogP contribution is -2.30. The van der Waals surface area contributed by atoms with E-state index in [1.165, 1.54) is 24.3 Å². The average molecular weight is 562 g/mol. The second kappa shape index (κ2) is 10.9. The van der Waals surface area contributed by atoms with Gasteiger partial charge in [-0.2, -0.15) is 13.2 Å². The summed E-state index contributed by atoms with van der Waals surface area (Å²) in [6.07, 6.45) is -4.62. The number of carbonyl (C=O) groups excluding carboxylic acids is 2. The Morgan fingerprint density at radius 1 is 0.902 bits per heavy atom. The summed E-state index contributed by atoms with van der Waals surface area (Å²) in [6, 6.07) is 21.7. The number of hydrogen-bond acceptors (Lipinski definition) is 4. The van der Waals surface area contributed by atoms with Crippen molar-refractivity contribution in [3.8, 4) is 5.75 Å². The van der Waals surface area contributed by atoms with Crippen molar-refractivity contribution in [1.29, 1.82) is 0 Å². The van der Waals surface area contributed by atoms with E-state index >= 15 is 4.39 Å². The molecule has 1 fully saturated rings. The highest BCUT2D eigenvalue weighted by Gasteiger charge is 2.48. The van der Waals surface area contributed by atoms with Gasteiger partial charge in [0.2, 0.25) is 0 Å². The van der Waals surface area contributed by atoms with Gasteiger partial charge in [0, 0.05) is 16.8 Å². The number of aliphatic hydroxyl groups is 1. The number of aryl methyl sites for hydroxylation is 1. The number of nitrogens with zero attached hydrogens (tertiary/aromatic N) is 1. The number of aliphatic hydroxyl groups excluding tert-OH is 1. The molecule has 1 aliphatic rings. The lowest BCUT2D eigenvalue weighted by atomic mass is 9.94. The quantitative estimate of drug-likeness (QED) is 0.116. The maximum atomic E-state index is 15.1. The van der Waals surface area contributed by atoms with Crippen molar-refractivity contribution in [2.24, 2.45) is 0 Å². The number of ether oxygens (including phenoxy) is 1. The maximum absolute atomic E-state index is 15.1. The number of halogens is 4. The Kier molecular flexibility index (Phi) is 7.36. The van der Waals surface area contributed by atoms with Crippen LogP contribution >= 0.6 is 0 Å². The largest absolute Gasteiger partial charge is 0.507 e. The van der Waals surface area contributed by atoms with Crippen molar-refractivity contribution in [1.82, 2.24) is 0 Å². The molecule has 0 spiro atoms. The molecule has 0 aromatic heterocycles. The molecule has 1 saturated heterocycles. The van der Waals surface area contributed by atoms with E-state index in [1.807, 2.05) is 30.3 Å². The number of rotatable bonds is 6. The van der Waals surface area contributed by atoms with Gasteiger partial charge in [-0.25, -0.2) is 4.39 Å². The molecule has 0 aliphatic carbocycles. The van der Waals surface area contributed by atoms with Crippen molar-refractivity contribution < 1.29 is 37.0 Å². The fraction of sp³-hybridized carbons (Fsp3) is 0.125. The van der Waals surface area contributed by atoms with Gasteiger partial charge in [-0.05, 0) is 66.6 Å². The van der Waals surface area contributed by atoms with E-state index in [-0.39, 0.29) is 16.8 Å². The molecule has 0 saturated carbocycles. The first kappa shape index (κ1) is 27.6. The first-order valence-electron chi connectivity index (χ1n) is 12.6. The predicted molar refractivity (Wildman–Crippen MR) is 145 cm³/mol. The molecule has 4 aromatic rings. The molecule has 1 atom stereocenters. The van der Waals surface area contributed by atoms with E-state index in [4.69, 9.17) is 4.74 Å². The third-order valence-electron chi connectivity index (χ3n) is 6.80. The Labute approximate surface area is 232 Å². The summed E-state index contributed by atoms with van der Waals surface area (Å²) in [5, 5.41) is 11.3. The van der Waals surface area contributed by atoms with Gasteiger partial charge in [-0.1, -0.05) is 48.5 Å². The molecule has 5 rings (SSSR count). The van der Waals surface area contributed by atoms with Gasteiger partial charge in [-0.3, -0.25) is 14.5 Å². The SMILES string of the molecule is Cc1cc(/C(O)=C2\C(=O)C(=O)N(c3ccc(C(F)(F)F)cc3)C2c2ccccc2F)ccc1OCc1ccccc1. The molecular weight excluding hydrogens is 538 g/mol. The third-order valence-corrected chi connectivity index (χ3v) is 6.80. The Balaban J connectivity index is 1.56. The first-order valence-corrected chi connectivity index (χ1v) is 12.6. The van der Waals surface area contributed by atoms with Gasteiger partial charge < -0.3 is 9.84 Å². The standard InChI is InChI=1S/C32H23F4NO4/c1-19-17-21(11-16-26(19)41-18-20-7-3-2-4-8-20)29(38)27-28(24-9-5-6-10-25(24)33)37(31(40)30(27)39)23-14-12-22(13-15-23)32(34,35)36/h2-17,28,38H,18H2,1H3/b29-27+. The summed E-state index contributed by atoms with van der Waals surface area (Å²) in [5.41, 5.74) is 0.251. The Morgan fingerprint density at radius 2 is 1.56 bits per heavy atom. The molecule has 208 valence electrons. The monoisotopic (exact) mass is 561 g/mol. The zero-order chi connectivity index (χ0) is 29.3. The molecule has 5 nitrogen and oxygen atoms in total. The summed E-state index contributed by atoms with van der Waals surface area (Å²) in [4.78, 5) is 27.4. The van der Waals surface area contributed by atoms with Crippen LogP contribution in [-0.4, -0.2) is 16.8 Å². The second-order valence-corrected chi connectivity index (χ2v) is 9.49. The number of Topliss-reactive ketones (excluding diaryl/α,β-unsaturated/α-hetero) is 1. The molecule has 9 heteroatoms. The van der Waals surface area contributed by atoms with E-state index in [1.54, 1.807) is 19.1 Å². The number of alkyl halides is 3. The minimum atomic E-state index is -4.62. The summed E-state index contributed by atoms with van der Waals surface area (Å²) in [6.45, 7) is 2.05. The number of ketones is 1. The summed E-state index contributed by atoms with van der Waals surface area (Å²) in [5.74, 6) is -3.00. The van der Waals surface area contributed by atoms with E-state index in [0.717, 1.165) is 40.8 Å². The van der Waals surface area contributed by atoms with Crippen LogP contribution in [0.25, 0.3) is 5.76 Å². The van der Waals surface area contributed by atoms with Crippen LogP contribution in [0.3, 0.4) is 0 Å². The van der Waals surface area contributed by atoms with E-state index in [2.05, 4.69) is 0 Å². The lowest BCUT2D eigenvalue weighted by molar-refractivity contribution is -0.137. The maximum Gasteiger partial charge on any atom is 0.416 e. The molecule has 1 aliphatic heterocycles. The molecule has 1 N–H and O–H groups in total. The average Bonchev–Trinajstić information content (AvgIpc) is 3.22. The van der Waals surface area contributed by atoms with Crippen LogP contribution in [0.2, 0.25) is 0 Å². The number of anilines is 1. The van der Waals surface area contributed by atoms with Gasteiger partial charge in [0.25, 0.3) is 11.7 Å². The Bertz CT molecular complexity index is 1650. The van der Waals surface area contributed by atoms with Gasteiger partial charge >= 0.3 is 6.18 Å². The van der Waals surface area contributed by atoms with Crippen molar-refractivity contribution in [3.63, 3.8) is 0 Å². The minimum Gasteiger partial charge on any atom is -0.507 e. The molecule has 1 amide bonds. The highest BCUT2D eigenvalue weighted by molar-refractivity contribution is 6.51. The fourth-order valence-electron chi connectivity index (χ4n) is 4.75. The summed E-state index contributed by atoms with van der Waals surface area (Å²) < 4.78 is 60.4. The van der Waals surface area contributed by atoms with Crippen molar-refractivity contribution in [2.75, 3.05) is 4.90 Å². The Hall–Kier alpha value is -4.92. The molecule has 1 heterocycles. The fourth-order valence-corrected chi connectivity index (χ4v) is 4.75. The van der Waals surface area contributed by atoms with Crippen molar-refractivity contribution >= 4 is 23.1 Å². The van der Waals surface area contributed by atoms with Crippen LogP contribution in [0.5, 0.6) is 5.75 Å². The van der Waals surface area contributed by atoms with Gasteiger partial charge in [0.1, 0.15) is 23.9 Å². The second-order valence-electron chi connectivity index (χ2n) is 9.49. The highest BCUT2D eigenvalue weighted by Crippen LogP contribution is 2.43. The zero-order valence-electron chi connectivity index (χ0n) is 21.7. The van der Waals surface area contributed by atoms with E-state index < -0.39 is 46.6 Å². The Morgan fingerprint density at radius 3 is 2.20 bits per heavy atom. The van der Waals surface area contributed by atoms with Crippen LogP contribution in [0.15, 0.2) is 103 Å². The van der Waals surface area contributed by atoms with Crippen molar-refractivity contribution in [2.45, 2.75) is 25.7 Å². The normalized spacial score (nSPS) is 16.7. The van der Waals surface area contributed by atoms with Crippen LogP contribution in [0.4, 0.5) is 23.2 Å². The minimum absolute atomic E-state index is 0.0618. The summed E-state index contributed by atoms with van der Waals surface area (Å²) in [7, 11) is 0. The molecule has 41 heavy (non-hydrogen) atoms. The third kappa shape index (κ3) is 5.43. The van der Waals surface area contributed by atoms with Crippen LogP contribution in [-0.2, 0) is 22.4 Å². The highest BCUT2D eigenvalue weighted by atomic mass is 19.4. The number of benzene rings is 4. The lowest BCUT2D eigenvalue weighted by Gasteiger charge is -2.26. The van der Waals surface area contributed by atoms with Crippen LogP contribution in [0, 0.1) is 12.7 Å². The van der Waals surface area contributed by atoms with E-state index in [0.29, 0.717) is 17.9 Å². The topological polar surface area (TPSA) is 66.8 Å². The number of hydrogen-bond donors (Lipinski definition) is 1. The molecule has 4 aromatic carbocycles. The number of carbonyl (C=O) groups is 2. The smallest absolute Gasteiger partial charge is 0.416 e. The molecule has 0 bridgehead atoms.